The number of rotatable bonds is 0. The van der Waals surface area contributed by atoms with Crippen LogP contribution < -0.4 is 5.32 Å². The van der Waals surface area contributed by atoms with Crippen LogP contribution in [-0.4, -0.2) is 11.8 Å². The molecule has 2 rings (SSSR count). The van der Waals surface area contributed by atoms with E-state index in [4.69, 9.17) is 0 Å². The van der Waals surface area contributed by atoms with Crippen molar-refractivity contribution in [1.82, 2.24) is 0 Å². The molecule has 0 aromatic heterocycles. The molecule has 0 aliphatic carbocycles. The average Bonchev–Trinajstić information content (AvgIpc) is 2.30. The molecule has 3 heteroatoms. The van der Waals surface area contributed by atoms with Crippen LogP contribution in [0.5, 0.6) is 0 Å². The molecule has 1 aliphatic rings. The highest BCUT2D eigenvalue weighted by molar-refractivity contribution is 9.10. The van der Waals surface area contributed by atoms with Crippen molar-refractivity contribution in [1.29, 1.82) is 0 Å². The molecule has 14 heavy (non-hydrogen) atoms. The second-order valence-corrected chi connectivity index (χ2v) is 4.52. The first-order valence-corrected chi connectivity index (χ1v) is 5.56. The lowest BCUT2D eigenvalue weighted by Gasteiger charge is -2.13. The number of ketones is 1. The van der Waals surface area contributed by atoms with Crippen molar-refractivity contribution in [3.63, 3.8) is 0 Å². The summed E-state index contributed by atoms with van der Waals surface area (Å²) in [6.07, 6.45) is 1.54. The molecule has 0 saturated heterocycles. The van der Waals surface area contributed by atoms with Crippen LogP contribution >= 0.6 is 15.9 Å². The Morgan fingerprint density at radius 3 is 3.07 bits per heavy atom. The molecule has 0 amide bonds. The van der Waals surface area contributed by atoms with E-state index in [1.54, 1.807) is 0 Å². The Hall–Kier alpha value is -0.830. The quantitative estimate of drug-likeness (QED) is 0.770. The number of fused-ring (bicyclic) bond motifs is 1. The van der Waals surface area contributed by atoms with Crippen molar-refractivity contribution in [2.75, 3.05) is 5.32 Å². The average molecular weight is 254 g/mol. The minimum Gasteiger partial charge on any atom is -0.381 e. The number of nitrogens with one attached hydrogen (secondary N) is 1. The van der Waals surface area contributed by atoms with Crippen LogP contribution in [0.3, 0.4) is 0 Å². The second kappa shape index (κ2) is 3.73. The summed E-state index contributed by atoms with van der Waals surface area (Å²) in [7, 11) is 0. The van der Waals surface area contributed by atoms with Crippen molar-refractivity contribution in [3.8, 4) is 0 Å². The molecule has 1 unspecified atom stereocenters. The first-order valence-electron chi connectivity index (χ1n) is 4.76. The van der Waals surface area contributed by atoms with Gasteiger partial charge in [0.05, 0.1) is 5.69 Å². The molecule has 1 aromatic rings. The van der Waals surface area contributed by atoms with E-state index < -0.39 is 0 Å². The summed E-state index contributed by atoms with van der Waals surface area (Å²) in [5, 5.41) is 3.35. The molecule has 74 valence electrons. The standard InChI is InChI=1S/C11H12BrNO/c1-7-5-6-10(14)8-3-2-4-9(12)11(8)13-7/h2-4,7,13H,5-6H2,1H3. The third-order valence-electron chi connectivity index (χ3n) is 2.51. The predicted molar refractivity (Wildman–Crippen MR) is 60.8 cm³/mol. The third-order valence-corrected chi connectivity index (χ3v) is 3.17. The number of Topliss-reactive ketones (excluding diaryl/α,β-unsaturated/α-hetero) is 1. The van der Waals surface area contributed by atoms with Crippen molar-refractivity contribution in [2.24, 2.45) is 0 Å². The molecule has 0 radical (unpaired) electrons. The van der Waals surface area contributed by atoms with Crippen LogP contribution in [0.15, 0.2) is 22.7 Å². The monoisotopic (exact) mass is 253 g/mol. The van der Waals surface area contributed by atoms with Gasteiger partial charge in [0.25, 0.3) is 0 Å². The van der Waals surface area contributed by atoms with Gasteiger partial charge in [0.1, 0.15) is 0 Å². The van der Waals surface area contributed by atoms with E-state index in [9.17, 15) is 4.79 Å². The molecule has 0 bridgehead atoms. The lowest BCUT2D eigenvalue weighted by molar-refractivity contribution is 0.0982. The number of para-hydroxylation sites is 1. The molecule has 1 aliphatic heterocycles. The largest absolute Gasteiger partial charge is 0.381 e. The zero-order chi connectivity index (χ0) is 10.1. The van der Waals surface area contributed by atoms with Gasteiger partial charge in [0.15, 0.2) is 5.78 Å². The number of hydrogen-bond acceptors (Lipinski definition) is 2. The molecule has 0 fully saturated rings. The maximum Gasteiger partial charge on any atom is 0.165 e. The number of carbonyl (C=O) groups excluding carboxylic acids is 1. The van der Waals surface area contributed by atoms with Gasteiger partial charge in [-0.05, 0) is 41.4 Å². The Labute approximate surface area is 91.8 Å². The molecule has 1 atom stereocenters. The van der Waals surface area contributed by atoms with Gasteiger partial charge in [-0.15, -0.1) is 0 Å². The summed E-state index contributed by atoms with van der Waals surface area (Å²) in [5.41, 5.74) is 1.76. The molecule has 1 heterocycles. The van der Waals surface area contributed by atoms with Gasteiger partial charge in [-0.3, -0.25) is 4.79 Å². The summed E-state index contributed by atoms with van der Waals surface area (Å²) in [6.45, 7) is 2.10. The van der Waals surface area contributed by atoms with E-state index in [1.165, 1.54) is 0 Å². The summed E-state index contributed by atoms with van der Waals surface area (Å²) >= 11 is 3.46. The van der Waals surface area contributed by atoms with Crippen LogP contribution in [-0.2, 0) is 0 Å². The van der Waals surface area contributed by atoms with E-state index in [0.717, 1.165) is 22.1 Å². The van der Waals surface area contributed by atoms with Crippen LogP contribution in [0.4, 0.5) is 5.69 Å². The third kappa shape index (κ3) is 1.69. The molecule has 0 spiro atoms. The zero-order valence-electron chi connectivity index (χ0n) is 8.01. The highest BCUT2D eigenvalue weighted by atomic mass is 79.9. The van der Waals surface area contributed by atoms with Gasteiger partial charge in [0.2, 0.25) is 0 Å². The van der Waals surface area contributed by atoms with Gasteiger partial charge in [-0.2, -0.15) is 0 Å². The maximum atomic E-state index is 11.7. The predicted octanol–water partition coefficient (Wildman–Crippen LogP) is 3.23. The SMILES string of the molecule is CC1CCC(=O)c2cccc(Br)c2N1. The number of halogens is 1. The number of hydrogen-bond donors (Lipinski definition) is 1. The summed E-state index contributed by atoms with van der Waals surface area (Å²) in [5.74, 6) is 0.234. The number of benzene rings is 1. The van der Waals surface area contributed by atoms with Crippen LogP contribution in [0.1, 0.15) is 30.1 Å². The Balaban J connectivity index is 2.52. The maximum absolute atomic E-state index is 11.7. The van der Waals surface area contributed by atoms with Crippen LogP contribution in [0, 0.1) is 0 Å². The van der Waals surface area contributed by atoms with Crippen molar-refractivity contribution < 1.29 is 4.79 Å². The van der Waals surface area contributed by atoms with Gasteiger partial charge in [-0.1, -0.05) is 6.07 Å². The number of anilines is 1. The lowest BCUT2D eigenvalue weighted by atomic mass is 10.1. The second-order valence-electron chi connectivity index (χ2n) is 3.67. The van der Waals surface area contributed by atoms with Crippen LogP contribution in [0.25, 0.3) is 0 Å². The van der Waals surface area contributed by atoms with E-state index in [0.29, 0.717) is 12.5 Å². The van der Waals surface area contributed by atoms with Crippen molar-refractivity contribution in [2.45, 2.75) is 25.8 Å². The van der Waals surface area contributed by atoms with Gasteiger partial charge in [-0.25, -0.2) is 0 Å². The highest BCUT2D eigenvalue weighted by Crippen LogP contribution is 2.31. The Morgan fingerprint density at radius 2 is 2.29 bits per heavy atom. The summed E-state index contributed by atoms with van der Waals surface area (Å²) in [4.78, 5) is 11.7. The zero-order valence-corrected chi connectivity index (χ0v) is 9.60. The summed E-state index contributed by atoms with van der Waals surface area (Å²) in [6, 6.07) is 6.10. The molecule has 2 nitrogen and oxygen atoms in total. The highest BCUT2D eigenvalue weighted by Gasteiger charge is 2.19. The molecule has 0 saturated carbocycles. The van der Waals surface area contributed by atoms with Crippen molar-refractivity contribution >= 4 is 27.4 Å². The van der Waals surface area contributed by atoms with E-state index in [1.807, 2.05) is 18.2 Å². The lowest BCUT2D eigenvalue weighted by Crippen LogP contribution is -2.13. The first kappa shape index (κ1) is 9.71. The number of carbonyl (C=O) groups is 1. The fourth-order valence-electron chi connectivity index (χ4n) is 1.70. The topological polar surface area (TPSA) is 29.1 Å². The minimum absolute atomic E-state index is 0.234. The van der Waals surface area contributed by atoms with Gasteiger partial charge in [0, 0.05) is 22.5 Å². The smallest absolute Gasteiger partial charge is 0.165 e. The Bertz CT molecular complexity index is 376. The van der Waals surface area contributed by atoms with Gasteiger partial charge >= 0.3 is 0 Å². The normalized spacial score (nSPS) is 21.0. The van der Waals surface area contributed by atoms with Crippen LogP contribution in [0.2, 0.25) is 0 Å². The molecule has 1 N–H and O–H groups in total. The van der Waals surface area contributed by atoms with E-state index >= 15 is 0 Å². The molecular formula is C11H12BrNO. The molecular weight excluding hydrogens is 242 g/mol. The van der Waals surface area contributed by atoms with E-state index in [2.05, 4.69) is 28.2 Å². The molecule has 1 aromatic carbocycles. The fraction of sp³-hybridized carbons (Fsp3) is 0.364. The van der Waals surface area contributed by atoms with Crippen molar-refractivity contribution in [3.05, 3.63) is 28.2 Å². The summed E-state index contributed by atoms with van der Waals surface area (Å²) < 4.78 is 0.970. The fourth-order valence-corrected chi connectivity index (χ4v) is 2.18. The van der Waals surface area contributed by atoms with E-state index in [-0.39, 0.29) is 5.78 Å². The Kier molecular flexibility index (Phi) is 2.59. The first-order chi connectivity index (χ1) is 6.68. The van der Waals surface area contributed by atoms with Gasteiger partial charge < -0.3 is 5.32 Å². The Morgan fingerprint density at radius 1 is 1.50 bits per heavy atom. The minimum atomic E-state index is 0.234.